The van der Waals surface area contributed by atoms with E-state index in [0.717, 1.165) is 57.2 Å². The minimum absolute atomic E-state index is 0.434. The fourth-order valence-corrected chi connectivity index (χ4v) is 10.6. The van der Waals surface area contributed by atoms with Crippen LogP contribution in [0.1, 0.15) is 29.5 Å². The molecule has 2 aliphatic carbocycles. The highest BCUT2D eigenvalue weighted by atomic mass is 32.1. The van der Waals surface area contributed by atoms with Crippen LogP contribution >= 0.6 is 11.3 Å². The quantitative estimate of drug-likeness (QED) is 0.182. The largest absolute Gasteiger partial charge is 0.457 e. The molecule has 1 unspecified atom stereocenters. The third kappa shape index (κ3) is 4.31. The van der Waals surface area contributed by atoms with Crippen LogP contribution in [0.3, 0.4) is 0 Å². The second-order valence-electron chi connectivity index (χ2n) is 14.7. The molecule has 55 heavy (non-hydrogen) atoms. The lowest BCUT2D eigenvalue weighted by Crippen LogP contribution is -2.36. The summed E-state index contributed by atoms with van der Waals surface area (Å²) in [5, 5.41) is 3.54. The number of ether oxygens (including phenoxy) is 1. The second-order valence-corrected chi connectivity index (χ2v) is 15.7. The van der Waals surface area contributed by atoms with Crippen LogP contribution in [0, 0.1) is 0 Å². The van der Waals surface area contributed by atoms with Gasteiger partial charge < -0.3 is 4.74 Å². The van der Waals surface area contributed by atoms with Gasteiger partial charge in [-0.1, -0.05) is 146 Å². The zero-order chi connectivity index (χ0) is 36.1. The van der Waals surface area contributed by atoms with E-state index in [-0.39, 0.29) is 0 Å². The van der Waals surface area contributed by atoms with Crippen molar-refractivity contribution >= 4 is 42.4 Å². The Morgan fingerprint density at radius 3 is 2.09 bits per heavy atom. The van der Waals surface area contributed by atoms with Crippen molar-refractivity contribution in [2.24, 2.45) is 0 Å². The van der Waals surface area contributed by atoms with Crippen LogP contribution in [0.5, 0.6) is 5.75 Å². The lowest BCUT2D eigenvalue weighted by Gasteiger charge is -2.42. The first-order valence-corrected chi connectivity index (χ1v) is 19.8. The van der Waals surface area contributed by atoms with Gasteiger partial charge in [0.25, 0.3) is 0 Å². The molecular weight excluding hydrogens is 689 g/mol. The molecular formula is C51H32N2OS. The third-order valence-electron chi connectivity index (χ3n) is 11.8. The van der Waals surface area contributed by atoms with Gasteiger partial charge in [-0.2, -0.15) is 0 Å². The predicted octanol–water partition coefficient (Wildman–Crippen LogP) is 13.3. The molecule has 12 rings (SSSR count). The smallest absolute Gasteiger partial charge is 0.160 e. The molecule has 7 aromatic carbocycles. The van der Waals surface area contributed by atoms with Gasteiger partial charge in [-0.25, -0.2) is 9.97 Å². The van der Waals surface area contributed by atoms with Crippen molar-refractivity contribution < 1.29 is 4.74 Å². The van der Waals surface area contributed by atoms with Crippen molar-refractivity contribution in [1.29, 1.82) is 0 Å². The van der Waals surface area contributed by atoms with Crippen molar-refractivity contribution in [3.8, 4) is 50.6 Å². The summed E-state index contributed by atoms with van der Waals surface area (Å²) in [6.07, 6.45) is 6.70. The van der Waals surface area contributed by atoms with Gasteiger partial charge >= 0.3 is 0 Å². The van der Waals surface area contributed by atoms with Crippen LogP contribution in [-0.2, 0) is 5.41 Å². The number of rotatable bonds is 3. The first-order valence-electron chi connectivity index (χ1n) is 19.0. The van der Waals surface area contributed by atoms with Crippen LogP contribution < -0.4 is 4.74 Å². The zero-order valence-electron chi connectivity index (χ0n) is 29.8. The molecule has 9 aromatic rings. The van der Waals surface area contributed by atoms with E-state index in [1.165, 1.54) is 65.4 Å². The third-order valence-corrected chi connectivity index (χ3v) is 13.0. The molecule has 0 saturated heterocycles. The summed E-state index contributed by atoms with van der Waals surface area (Å²) in [7, 11) is 0. The highest BCUT2D eigenvalue weighted by molar-refractivity contribution is 7.26. The summed E-state index contributed by atoms with van der Waals surface area (Å²) in [5.41, 5.74) is 13.7. The summed E-state index contributed by atoms with van der Waals surface area (Å²) in [4.78, 5) is 10.5. The van der Waals surface area contributed by atoms with E-state index < -0.39 is 5.41 Å². The SMILES string of the molecule is C1=C2Oc3ccccc3C3(C2=CCC1)c1ccccc1-c1cc(-c2ccc(-c4nc(-c5ccccc5)nc5c4sc4ccccc45)c4ccccc24)ccc13. The molecule has 0 radical (unpaired) electrons. The number of hydrogen-bond acceptors (Lipinski definition) is 4. The number of thiophene rings is 1. The minimum atomic E-state index is -0.434. The molecule has 0 saturated carbocycles. The maximum atomic E-state index is 6.60. The summed E-state index contributed by atoms with van der Waals surface area (Å²) >= 11 is 1.77. The van der Waals surface area contributed by atoms with Crippen molar-refractivity contribution in [2.45, 2.75) is 18.3 Å². The fourth-order valence-electron chi connectivity index (χ4n) is 9.50. The lowest BCUT2D eigenvalue weighted by molar-refractivity contribution is 0.383. The van der Waals surface area contributed by atoms with Crippen LogP contribution in [0.15, 0.2) is 181 Å². The van der Waals surface area contributed by atoms with Crippen LogP contribution in [0.2, 0.25) is 0 Å². The molecule has 0 amide bonds. The molecule has 2 aromatic heterocycles. The molecule has 258 valence electrons. The Labute approximate surface area is 322 Å². The second kappa shape index (κ2) is 11.7. The standard InChI is InChI=1S/C51H32N2OS/c1-2-14-31(15-3-1)50-52-47(49-48(53-50)38-19-7-13-25-46(38)55-49)37-28-27-33(34-16-4-5-17-35(34)37)32-26-29-41-39(30-32)36-18-6-8-20-40(36)51(41)42-21-9-11-23-44(42)54-45-24-12-10-22-43(45)51/h1-9,11,13-30H,10,12H2. The van der Waals surface area contributed by atoms with E-state index >= 15 is 0 Å². The Kier molecular flexibility index (Phi) is 6.55. The number of hydrogen-bond donors (Lipinski definition) is 0. The number of nitrogens with zero attached hydrogens (tertiary/aromatic N) is 2. The normalized spacial score (nSPS) is 16.7. The molecule has 0 fully saturated rings. The molecule has 1 spiro atoms. The number of aromatic nitrogens is 2. The number of fused-ring (bicyclic) bond motifs is 13. The monoisotopic (exact) mass is 720 g/mol. The fraction of sp³-hybridized carbons (Fsp3) is 0.0588. The summed E-state index contributed by atoms with van der Waals surface area (Å²) < 4.78 is 8.93. The van der Waals surface area contributed by atoms with Gasteiger partial charge in [0.2, 0.25) is 0 Å². The Morgan fingerprint density at radius 1 is 0.509 bits per heavy atom. The highest BCUT2D eigenvalue weighted by Gasteiger charge is 2.52. The summed E-state index contributed by atoms with van der Waals surface area (Å²) in [6.45, 7) is 0. The first-order chi connectivity index (χ1) is 27.3. The van der Waals surface area contributed by atoms with E-state index in [4.69, 9.17) is 14.7 Å². The first kappa shape index (κ1) is 30.8. The Balaban J connectivity index is 1.08. The van der Waals surface area contributed by atoms with Crippen LogP contribution in [0.4, 0.5) is 0 Å². The van der Waals surface area contributed by atoms with E-state index in [0.29, 0.717) is 0 Å². The van der Waals surface area contributed by atoms with E-state index in [1.807, 2.05) is 6.07 Å². The van der Waals surface area contributed by atoms with Crippen LogP contribution in [0.25, 0.3) is 76.0 Å². The average molecular weight is 721 g/mol. The summed E-state index contributed by atoms with van der Waals surface area (Å²) in [6, 6.07) is 57.0. The molecule has 4 heteroatoms. The molecule has 3 aliphatic rings. The van der Waals surface area contributed by atoms with E-state index in [1.54, 1.807) is 11.3 Å². The molecule has 0 bridgehead atoms. The van der Waals surface area contributed by atoms with Crippen molar-refractivity contribution in [3.05, 3.63) is 198 Å². The number of allylic oxidation sites excluding steroid dienone is 3. The maximum Gasteiger partial charge on any atom is 0.160 e. The molecule has 0 N–H and O–H groups in total. The molecule has 1 atom stereocenters. The van der Waals surface area contributed by atoms with Crippen molar-refractivity contribution in [2.75, 3.05) is 0 Å². The maximum absolute atomic E-state index is 6.60. The van der Waals surface area contributed by atoms with E-state index in [9.17, 15) is 0 Å². The summed E-state index contributed by atoms with van der Waals surface area (Å²) in [5.74, 6) is 2.67. The van der Waals surface area contributed by atoms with Gasteiger partial charge in [0.1, 0.15) is 11.5 Å². The van der Waals surface area contributed by atoms with E-state index in [2.05, 4.69) is 164 Å². The zero-order valence-corrected chi connectivity index (χ0v) is 30.6. The highest BCUT2D eigenvalue weighted by Crippen LogP contribution is 2.62. The van der Waals surface area contributed by atoms with Gasteiger partial charge in [-0.15, -0.1) is 11.3 Å². The van der Waals surface area contributed by atoms with Crippen molar-refractivity contribution in [3.63, 3.8) is 0 Å². The van der Waals surface area contributed by atoms with Gasteiger partial charge in [-0.05, 0) is 81.3 Å². The van der Waals surface area contributed by atoms with Crippen molar-refractivity contribution in [1.82, 2.24) is 9.97 Å². The Bertz CT molecular complexity index is 3140. The van der Waals surface area contributed by atoms with Gasteiger partial charge in [0.05, 0.1) is 21.3 Å². The van der Waals surface area contributed by atoms with Gasteiger partial charge in [0.15, 0.2) is 5.82 Å². The molecule has 3 heterocycles. The Morgan fingerprint density at radius 2 is 1.20 bits per heavy atom. The number of benzene rings is 7. The Hall–Kier alpha value is -6.62. The lowest BCUT2D eigenvalue weighted by atomic mass is 9.64. The van der Waals surface area contributed by atoms with Crippen LogP contribution in [-0.4, -0.2) is 9.97 Å². The van der Waals surface area contributed by atoms with Gasteiger partial charge in [-0.3, -0.25) is 0 Å². The van der Waals surface area contributed by atoms with Gasteiger partial charge in [0, 0.05) is 32.3 Å². The number of para-hydroxylation sites is 1. The average Bonchev–Trinajstić information content (AvgIpc) is 3.77. The molecule has 3 nitrogen and oxygen atoms in total. The predicted molar refractivity (Wildman–Crippen MR) is 227 cm³/mol. The minimum Gasteiger partial charge on any atom is -0.457 e. The molecule has 1 aliphatic heterocycles. The topological polar surface area (TPSA) is 35.0 Å².